The van der Waals surface area contributed by atoms with Gasteiger partial charge in [0, 0.05) is 23.9 Å². The molecule has 2 N–H and O–H groups in total. The summed E-state index contributed by atoms with van der Waals surface area (Å²) in [6, 6.07) is 1.65. The van der Waals surface area contributed by atoms with Gasteiger partial charge >= 0.3 is 0 Å². The maximum Gasteiger partial charge on any atom is 0.290 e. The number of aryl methyl sites for hydroxylation is 1. The summed E-state index contributed by atoms with van der Waals surface area (Å²) in [5.74, 6) is 0.606. The van der Waals surface area contributed by atoms with Crippen molar-refractivity contribution in [2.75, 3.05) is 5.32 Å². The van der Waals surface area contributed by atoms with Gasteiger partial charge in [0.1, 0.15) is 12.0 Å². The zero-order chi connectivity index (χ0) is 12.3. The smallest absolute Gasteiger partial charge is 0.290 e. The van der Waals surface area contributed by atoms with Gasteiger partial charge < -0.3 is 5.32 Å². The molecule has 0 atom stereocenters. The predicted octanol–water partition coefficient (Wildman–Crippen LogP) is 1.63. The number of hydrogen-bond acceptors (Lipinski definition) is 5. The third-order valence-corrected chi connectivity index (χ3v) is 2.31. The quantitative estimate of drug-likeness (QED) is 0.618. The van der Waals surface area contributed by atoms with E-state index in [1.54, 1.807) is 25.4 Å². The lowest BCUT2D eigenvalue weighted by Crippen LogP contribution is -2.02. The van der Waals surface area contributed by atoms with Gasteiger partial charge in [-0.25, -0.2) is 4.98 Å². The Morgan fingerprint density at radius 3 is 2.94 bits per heavy atom. The molecule has 2 heterocycles. The van der Waals surface area contributed by atoms with Gasteiger partial charge in [0.15, 0.2) is 0 Å². The first kappa shape index (κ1) is 11.1. The molecule has 0 aliphatic carbocycles. The Balaban J connectivity index is 2.07. The van der Waals surface area contributed by atoms with Crippen molar-refractivity contribution in [1.29, 1.82) is 0 Å². The molecule has 0 spiro atoms. The maximum atomic E-state index is 10.6. The van der Waals surface area contributed by atoms with Crippen LogP contribution < -0.4 is 5.32 Å². The van der Waals surface area contributed by atoms with Crippen LogP contribution in [0.5, 0.6) is 0 Å². The van der Waals surface area contributed by atoms with Crippen LogP contribution in [0.3, 0.4) is 0 Å². The fourth-order valence-corrected chi connectivity index (χ4v) is 1.40. The van der Waals surface area contributed by atoms with E-state index in [0.29, 0.717) is 17.9 Å². The third kappa shape index (κ3) is 2.57. The normalized spacial score (nSPS) is 10.2. The summed E-state index contributed by atoms with van der Waals surface area (Å²) in [6.07, 6.45) is 4.73. The molecule has 0 radical (unpaired) electrons. The first-order valence-electron chi connectivity index (χ1n) is 4.99. The Labute approximate surface area is 97.0 Å². The molecule has 0 aliphatic heterocycles. The molecule has 88 valence electrons. The second kappa shape index (κ2) is 4.60. The number of nitrogens with zero attached hydrogens (tertiary/aromatic N) is 3. The lowest BCUT2D eigenvalue weighted by molar-refractivity contribution is -0.385. The van der Waals surface area contributed by atoms with Gasteiger partial charge in [-0.05, 0) is 13.0 Å². The Morgan fingerprint density at radius 1 is 1.53 bits per heavy atom. The van der Waals surface area contributed by atoms with E-state index in [0.717, 1.165) is 5.56 Å². The molecule has 0 fully saturated rings. The van der Waals surface area contributed by atoms with Crippen molar-refractivity contribution >= 4 is 11.5 Å². The molecule has 0 amide bonds. The van der Waals surface area contributed by atoms with E-state index in [4.69, 9.17) is 0 Å². The summed E-state index contributed by atoms with van der Waals surface area (Å²) in [5.41, 5.74) is 1.60. The number of hydrogen-bond donors (Lipinski definition) is 2. The summed E-state index contributed by atoms with van der Waals surface area (Å²) in [7, 11) is 0. The molecule has 7 heteroatoms. The summed E-state index contributed by atoms with van der Waals surface area (Å²) in [6.45, 7) is 2.25. The van der Waals surface area contributed by atoms with E-state index in [1.165, 1.54) is 6.20 Å². The van der Waals surface area contributed by atoms with Crippen LogP contribution in [0.2, 0.25) is 0 Å². The minimum Gasteiger partial charge on any atom is -0.366 e. The van der Waals surface area contributed by atoms with Crippen LogP contribution in [0.1, 0.15) is 11.1 Å². The fraction of sp³-hybridized carbons (Fsp3) is 0.200. The van der Waals surface area contributed by atoms with Crippen LogP contribution in [-0.2, 0) is 6.54 Å². The van der Waals surface area contributed by atoms with Crippen LogP contribution in [0, 0.1) is 17.0 Å². The Hall–Kier alpha value is -2.44. The Morgan fingerprint density at radius 2 is 2.35 bits per heavy atom. The average Bonchev–Trinajstić information content (AvgIpc) is 2.78. The lowest BCUT2D eigenvalue weighted by atomic mass is 10.2. The van der Waals surface area contributed by atoms with Gasteiger partial charge in [-0.3, -0.25) is 15.2 Å². The summed E-state index contributed by atoms with van der Waals surface area (Å²) in [5, 5.41) is 20.2. The second-order valence-electron chi connectivity index (χ2n) is 3.57. The molecule has 17 heavy (non-hydrogen) atoms. The molecule has 0 aliphatic rings. The zero-order valence-corrected chi connectivity index (χ0v) is 9.17. The molecular weight excluding hydrogens is 222 g/mol. The number of nitrogens with one attached hydrogen (secondary N) is 2. The summed E-state index contributed by atoms with van der Waals surface area (Å²) < 4.78 is 0. The lowest BCUT2D eigenvalue weighted by Gasteiger charge is -2.04. The van der Waals surface area contributed by atoms with Gasteiger partial charge in [0.2, 0.25) is 0 Å². The fourth-order valence-electron chi connectivity index (χ4n) is 1.40. The van der Waals surface area contributed by atoms with Crippen LogP contribution in [0.15, 0.2) is 24.7 Å². The highest BCUT2D eigenvalue weighted by molar-refractivity contribution is 5.46. The predicted molar refractivity (Wildman–Crippen MR) is 61.5 cm³/mol. The van der Waals surface area contributed by atoms with Crippen molar-refractivity contribution in [2.45, 2.75) is 13.5 Å². The van der Waals surface area contributed by atoms with Crippen molar-refractivity contribution in [3.8, 4) is 0 Å². The van der Waals surface area contributed by atoms with E-state index in [1.807, 2.05) is 0 Å². The molecule has 7 nitrogen and oxygen atoms in total. The molecule has 2 rings (SSSR count). The Kier molecular flexibility index (Phi) is 2.99. The number of rotatable bonds is 4. The first-order valence-corrected chi connectivity index (χ1v) is 4.99. The minimum absolute atomic E-state index is 0.0267. The van der Waals surface area contributed by atoms with Crippen molar-refractivity contribution in [2.24, 2.45) is 0 Å². The first-order chi connectivity index (χ1) is 8.16. The molecule has 0 aromatic carbocycles. The van der Waals surface area contributed by atoms with E-state index in [2.05, 4.69) is 20.5 Å². The number of H-pyrrole nitrogens is 1. The highest BCUT2D eigenvalue weighted by Crippen LogP contribution is 2.18. The second-order valence-corrected chi connectivity index (χ2v) is 3.57. The largest absolute Gasteiger partial charge is 0.366 e. The van der Waals surface area contributed by atoms with E-state index in [9.17, 15) is 10.1 Å². The molecule has 0 unspecified atom stereocenters. The Bertz CT molecular complexity index is 523. The number of anilines is 1. The highest BCUT2D eigenvalue weighted by atomic mass is 16.6. The third-order valence-electron chi connectivity index (χ3n) is 2.31. The van der Waals surface area contributed by atoms with E-state index < -0.39 is 4.92 Å². The number of pyridine rings is 1. The van der Waals surface area contributed by atoms with E-state index >= 15 is 0 Å². The maximum absolute atomic E-state index is 10.6. The van der Waals surface area contributed by atoms with Gasteiger partial charge in [0.25, 0.3) is 5.69 Å². The van der Waals surface area contributed by atoms with Crippen molar-refractivity contribution < 1.29 is 4.92 Å². The summed E-state index contributed by atoms with van der Waals surface area (Å²) in [4.78, 5) is 14.1. The standard InChI is InChI=1S/C10H11N5O2/c1-7-2-10(12-6-9(7)15(16)17)11-3-8-4-13-14-5-8/h2,4-6H,3H2,1H3,(H,11,12)(H,13,14). The van der Waals surface area contributed by atoms with Crippen molar-refractivity contribution in [1.82, 2.24) is 15.2 Å². The van der Waals surface area contributed by atoms with Gasteiger partial charge in [-0.1, -0.05) is 0 Å². The highest BCUT2D eigenvalue weighted by Gasteiger charge is 2.11. The topological polar surface area (TPSA) is 96.7 Å². The number of aromatic amines is 1. The number of nitro groups is 1. The molecule has 0 saturated heterocycles. The monoisotopic (exact) mass is 233 g/mol. The number of aromatic nitrogens is 3. The molecule has 2 aromatic rings. The molecular formula is C10H11N5O2. The van der Waals surface area contributed by atoms with Gasteiger partial charge in [-0.2, -0.15) is 5.10 Å². The van der Waals surface area contributed by atoms with Crippen LogP contribution >= 0.6 is 0 Å². The molecule has 2 aromatic heterocycles. The minimum atomic E-state index is -0.442. The van der Waals surface area contributed by atoms with Crippen molar-refractivity contribution in [3.63, 3.8) is 0 Å². The zero-order valence-electron chi connectivity index (χ0n) is 9.17. The molecule has 0 saturated carbocycles. The van der Waals surface area contributed by atoms with Crippen LogP contribution in [-0.4, -0.2) is 20.1 Å². The average molecular weight is 233 g/mol. The van der Waals surface area contributed by atoms with Crippen molar-refractivity contribution in [3.05, 3.63) is 45.9 Å². The SMILES string of the molecule is Cc1cc(NCc2cn[nH]c2)ncc1[N+](=O)[O-]. The van der Waals surface area contributed by atoms with Gasteiger partial charge in [-0.15, -0.1) is 0 Å². The van der Waals surface area contributed by atoms with Crippen LogP contribution in [0.25, 0.3) is 0 Å². The summed E-state index contributed by atoms with van der Waals surface area (Å²) >= 11 is 0. The van der Waals surface area contributed by atoms with Gasteiger partial charge in [0.05, 0.1) is 11.1 Å². The van der Waals surface area contributed by atoms with Crippen LogP contribution in [0.4, 0.5) is 11.5 Å². The molecule has 0 bridgehead atoms. The van der Waals surface area contributed by atoms with E-state index in [-0.39, 0.29) is 5.69 Å².